The maximum atomic E-state index is 9.92. The van der Waals surface area contributed by atoms with E-state index in [0.29, 0.717) is 27.4 Å². The SMILES string of the molecule is Cc1ccc(NCc2c(Cl)ccc(Cl)c2Cl)c(C)c1O. The molecule has 20 heavy (non-hydrogen) atoms. The molecule has 5 heteroatoms. The molecule has 2 aromatic carbocycles. The van der Waals surface area contributed by atoms with Gasteiger partial charge in [0.1, 0.15) is 5.75 Å². The summed E-state index contributed by atoms with van der Waals surface area (Å²) in [5.74, 6) is 0.290. The lowest BCUT2D eigenvalue weighted by atomic mass is 10.1. The second-order valence-corrected chi connectivity index (χ2v) is 5.77. The van der Waals surface area contributed by atoms with Gasteiger partial charge >= 0.3 is 0 Å². The van der Waals surface area contributed by atoms with Crippen LogP contribution in [-0.4, -0.2) is 5.11 Å². The molecule has 2 N–H and O–H groups in total. The van der Waals surface area contributed by atoms with Gasteiger partial charge in [-0.1, -0.05) is 40.9 Å². The zero-order valence-corrected chi connectivity index (χ0v) is 13.4. The van der Waals surface area contributed by atoms with Crippen LogP contribution in [0.15, 0.2) is 24.3 Å². The van der Waals surface area contributed by atoms with Crippen LogP contribution in [0.5, 0.6) is 5.75 Å². The van der Waals surface area contributed by atoms with E-state index in [4.69, 9.17) is 34.8 Å². The third kappa shape index (κ3) is 2.98. The van der Waals surface area contributed by atoms with Gasteiger partial charge in [-0.15, -0.1) is 0 Å². The first-order chi connectivity index (χ1) is 9.41. The zero-order chi connectivity index (χ0) is 14.9. The molecule has 0 radical (unpaired) electrons. The minimum atomic E-state index is 0.290. The molecule has 0 heterocycles. The van der Waals surface area contributed by atoms with Gasteiger partial charge in [-0.05, 0) is 37.6 Å². The second-order valence-electron chi connectivity index (χ2n) is 4.58. The Balaban J connectivity index is 2.26. The van der Waals surface area contributed by atoms with Gasteiger partial charge in [0.2, 0.25) is 0 Å². The molecule has 0 atom stereocenters. The van der Waals surface area contributed by atoms with Crippen LogP contribution in [0.2, 0.25) is 15.1 Å². The average Bonchev–Trinajstić information content (AvgIpc) is 2.42. The molecule has 0 aromatic heterocycles. The van der Waals surface area contributed by atoms with Crippen LogP contribution < -0.4 is 5.32 Å². The number of phenols is 1. The Hall–Kier alpha value is -1.09. The Labute approximate surface area is 133 Å². The Bertz CT molecular complexity index is 656. The molecule has 0 aliphatic rings. The van der Waals surface area contributed by atoms with Crippen LogP contribution in [-0.2, 0) is 6.54 Å². The molecule has 0 fully saturated rings. The van der Waals surface area contributed by atoms with Gasteiger partial charge in [0.15, 0.2) is 0 Å². The van der Waals surface area contributed by atoms with E-state index < -0.39 is 0 Å². The van der Waals surface area contributed by atoms with Crippen LogP contribution in [0, 0.1) is 13.8 Å². The Kier molecular flexibility index (Phi) is 4.69. The number of rotatable bonds is 3. The highest BCUT2D eigenvalue weighted by molar-refractivity contribution is 6.44. The molecule has 0 saturated carbocycles. The minimum absolute atomic E-state index is 0.290. The smallest absolute Gasteiger partial charge is 0.123 e. The third-order valence-corrected chi connectivity index (χ3v) is 4.42. The summed E-state index contributed by atoms with van der Waals surface area (Å²) in [4.78, 5) is 0. The van der Waals surface area contributed by atoms with E-state index in [1.54, 1.807) is 12.1 Å². The first-order valence-corrected chi connectivity index (χ1v) is 7.20. The van der Waals surface area contributed by atoms with Gasteiger partial charge in [0, 0.05) is 28.4 Å². The number of halogens is 3. The molecule has 0 spiro atoms. The van der Waals surface area contributed by atoms with Gasteiger partial charge in [-0.3, -0.25) is 0 Å². The minimum Gasteiger partial charge on any atom is -0.507 e. The summed E-state index contributed by atoms with van der Waals surface area (Å²) in [6, 6.07) is 7.15. The number of hydrogen-bond acceptors (Lipinski definition) is 2. The summed E-state index contributed by atoms with van der Waals surface area (Å²) in [5.41, 5.74) is 3.20. The maximum Gasteiger partial charge on any atom is 0.123 e. The van der Waals surface area contributed by atoms with Crippen molar-refractivity contribution >= 4 is 40.5 Å². The van der Waals surface area contributed by atoms with E-state index in [9.17, 15) is 5.11 Å². The lowest BCUT2D eigenvalue weighted by Gasteiger charge is -2.14. The van der Waals surface area contributed by atoms with E-state index in [0.717, 1.165) is 22.4 Å². The molecule has 0 unspecified atom stereocenters. The molecule has 2 rings (SSSR count). The molecule has 0 aliphatic carbocycles. The first-order valence-electron chi connectivity index (χ1n) is 6.07. The lowest BCUT2D eigenvalue weighted by Crippen LogP contribution is -2.03. The van der Waals surface area contributed by atoms with Crippen molar-refractivity contribution in [1.82, 2.24) is 0 Å². The molecule has 106 valence electrons. The van der Waals surface area contributed by atoms with Crippen molar-refractivity contribution in [2.24, 2.45) is 0 Å². The number of nitrogens with one attached hydrogen (secondary N) is 1. The predicted octanol–water partition coefficient (Wildman–Crippen LogP) is 5.58. The largest absolute Gasteiger partial charge is 0.507 e. The average molecular weight is 331 g/mol. The van der Waals surface area contributed by atoms with Crippen LogP contribution in [0.4, 0.5) is 5.69 Å². The second kappa shape index (κ2) is 6.13. The summed E-state index contributed by atoms with van der Waals surface area (Å²) in [5, 5.41) is 14.6. The number of aryl methyl sites for hydroxylation is 1. The predicted molar refractivity (Wildman–Crippen MR) is 86.4 cm³/mol. The third-order valence-electron chi connectivity index (χ3n) is 3.23. The summed E-state index contributed by atoms with van der Waals surface area (Å²) < 4.78 is 0. The van der Waals surface area contributed by atoms with Crippen molar-refractivity contribution in [2.75, 3.05) is 5.32 Å². The van der Waals surface area contributed by atoms with E-state index in [2.05, 4.69) is 5.32 Å². The quantitative estimate of drug-likeness (QED) is 0.720. The standard InChI is InChI=1S/C15H14Cl3NO/c1-8-3-6-13(9(2)15(8)20)19-7-10-11(16)4-5-12(17)14(10)18/h3-6,19-20H,7H2,1-2H3. The van der Waals surface area contributed by atoms with E-state index in [-0.39, 0.29) is 0 Å². The molecule has 2 aromatic rings. The molecular formula is C15H14Cl3NO. The normalized spacial score (nSPS) is 10.7. The van der Waals surface area contributed by atoms with Crippen molar-refractivity contribution < 1.29 is 5.11 Å². The highest BCUT2D eigenvalue weighted by Gasteiger charge is 2.11. The Morgan fingerprint density at radius 3 is 2.35 bits per heavy atom. The van der Waals surface area contributed by atoms with Gasteiger partial charge in [-0.2, -0.15) is 0 Å². The molecule has 0 aliphatic heterocycles. The molecule has 2 nitrogen and oxygen atoms in total. The summed E-state index contributed by atoms with van der Waals surface area (Å²) >= 11 is 18.3. The van der Waals surface area contributed by atoms with Crippen LogP contribution >= 0.6 is 34.8 Å². The Morgan fingerprint density at radius 2 is 1.65 bits per heavy atom. The fraction of sp³-hybridized carbons (Fsp3) is 0.200. The summed E-state index contributed by atoms with van der Waals surface area (Å²) in [6.45, 7) is 4.14. The van der Waals surface area contributed by atoms with Crippen LogP contribution in [0.1, 0.15) is 16.7 Å². The van der Waals surface area contributed by atoms with E-state index in [1.165, 1.54) is 0 Å². The topological polar surface area (TPSA) is 32.3 Å². The zero-order valence-electron chi connectivity index (χ0n) is 11.1. The monoisotopic (exact) mass is 329 g/mol. The first kappa shape index (κ1) is 15.3. The van der Waals surface area contributed by atoms with Crippen molar-refractivity contribution in [3.63, 3.8) is 0 Å². The number of hydrogen-bond donors (Lipinski definition) is 2. The lowest BCUT2D eigenvalue weighted by molar-refractivity contribution is 0.467. The van der Waals surface area contributed by atoms with Gasteiger partial charge in [0.05, 0.1) is 10.0 Å². The van der Waals surface area contributed by atoms with Gasteiger partial charge < -0.3 is 10.4 Å². The van der Waals surface area contributed by atoms with Gasteiger partial charge in [0.25, 0.3) is 0 Å². The molecular weight excluding hydrogens is 317 g/mol. The van der Waals surface area contributed by atoms with Crippen molar-refractivity contribution in [3.8, 4) is 5.75 Å². The molecule has 0 amide bonds. The van der Waals surface area contributed by atoms with E-state index in [1.807, 2.05) is 26.0 Å². The Morgan fingerprint density at radius 1 is 1.00 bits per heavy atom. The summed E-state index contributed by atoms with van der Waals surface area (Å²) in [7, 11) is 0. The van der Waals surface area contributed by atoms with Gasteiger partial charge in [-0.25, -0.2) is 0 Å². The van der Waals surface area contributed by atoms with Crippen molar-refractivity contribution in [1.29, 1.82) is 0 Å². The van der Waals surface area contributed by atoms with Crippen LogP contribution in [0.3, 0.4) is 0 Å². The number of phenolic OH excluding ortho intramolecular Hbond substituents is 1. The number of benzene rings is 2. The van der Waals surface area contributed by atoms with Crippen molar-refractivity contribution in [2.45, 2.75) is 20.4 Å². The maximum absolute atomic E-state index is 9.92. The van der Waals surface area contributed by atoms with Crippen molar-refractivity contribution in [3.05, 3.63) is 56.0 Å². The molecule has 0 bridgehead atoms. The fourth-order valence-electron chi connectivity index (χ4n) is 1.94. The highest BCUT2D eigenvalue weighted by Crippen LogP contribution is 2.33. The number of anilines is 1. The van der Waals surface area contributed by atoms with E-state index >= 15 is 0 Å². The van der Waals surface area contributed by atoms with Crippen LogP contribution in [0.25, 0.3) is 0 Å². The molecule has 0 saturated heterocycles. The summed E-state index contributed by atoms with van der Waals surface area (Å²) in [6.07, 6.45) is 0. The number of aromatic hydroxyl groups is 1. The fourth-order valence-corrected chi connectivity index (χ4v) is 2.62. The highest BCUT2D eigenvalue weighted by atomic mass is 35.5.